The summed E-state index contributed by atoms with van der Waals surface area (Å²) in [6, 6.07) is 11.5. The summed E-state index contributed by atoms with van der Waals surface area (Å²) in [4.78, 5) is 14.5. The van der Waals surface area contributed by atoms with Gasteiger partial charge in [-0.25, -0.2) is 9.36 Å². The summed E-state index contributed by atoms with van der Waals surface area (Å²) >= 11 is 7.56. The van der Waals surface area contributed by atoms with Crippen molar-refractivity contribution in [3.05, 3.63) is 56.2 Å². The Bertz CT molecular complexity index is 805. The highest BCUT2D eigenvalue weighted by Gasteiger charge is 2.15. The number of rotatable bonds is 5. The maximum absolute atomic E-state index is 12.0. The maximum Gasteiger partial charge on any atom is 0.424 e. The Balaban J connectivity index is 1.85. The van der Waals surface area contributed by atoms with Crippen LogP contribution in [-0.2, 0) is 13.2 Å². The van der Waals surface area contributed by atoms with E-state index in [9.17, 15) is 4.79 Å². The van der Waals surface area contributed by atoms with Crippen LogP contribution in [0.5, 0.6) is 0 Å². The van der Waals surface area contributed by atoms with Gasteiger partial charge in [0, 0.05) is 0 Å². The first kappa shape index (κ1) is 14.4. The van der Waals surface area contributed by atoms with E-state index in [0.717, 1.165) is 22.9 Å². The van der Waals surface area contributed by atoms with Gasteiger partial charge in [-0.1, -0.05) is 23.7 Å². The zero-order valence-corrected chi connectivity index (χ0v) is 13.2. The lowest BCUT2D eigenvalue weighted by Gasteiger charge is -2.16. The molecule has 0 spiro atoms. The number of fused-ring (bicyclic) bond motifs is 1. The molecule has 2 aromatic heterocycles. The van der Waals surface area contributed by atoms with Crippen molar-refractivity contribution in [3.8, 4) is 0 Å². The zero-order valence-electron chi connectivity index (χ0n) is 11.6. The van der Waals surface area contributed by atoms with E-state index in [-0.39, 0.29) is 5.76 Å². The van der Waals surface area contributed by atoms with E-state index in [1.54, 1.807) is 15.9 Å². The Morgan fingerprint density at radius 3 is 2.81 bits per heavy atom. The Labute approximate surface area is 131 Å². The molecule has 1 aromatic carbocycles. The first-order valence-corrected chi connectivity index (χ1v) is 8.03. The highest BCUT2D eigenvalue weighted by Crippen LogP contribution is 2.20. The molecule has 0 radical (unpaired) electrons. The number of halogens is 1. The van der Waals surface area contributed by atoms with Crippen LogP contribution in [0, 0.1) is 0 Å². The molecule has 3 aromatic rings. The predicted octanol–water partition coefficient (Wildman–Crippen LogP) is 2.37. The van der Waals surface area contributed by atoms with Crippen molar-refractivity contribution in [3.63, 3.8) is 0 Å². The zero-order chi connectivity index (χ0) is 14.8. The molecule has 0 fully saturated rings. The molecule has 1 N–H and O–H groups in total. The van der Waals surface area contributed by atoms with Crippen LogP contribution in [0.2, 0.25) is 4.34 Å². The lowest BCUT2D eigenvalue weighted by atomic mass is 10.3. The smallest absolute Gasteiger partial charge is 0.408 e. The maximum atomic E-state index is 12.0. The van der Waals surface area contributed by atoms with Crippen LogP contribution in [0.3, 0.4) is 0 Å². The van der Waals surface area contributed by atoms with Crippen molar-refractivity contribution in [2.45, 2.75) is 20.1 Å². The first-order valence-electron chi connectivity index (χ1n) is 6.83. The molecule has 3 rings (SSSR count). The van der Waals surface area contributed by atoms with Gasteiger partial charge in [0.25, 0.3) is 0 Å². The summed E-state index contributed by atoms with van der Waals surface area (Å²) < 4.78 is 7.77. The second kappa shape index (κ2) is 6.05. The molecule has 0 bridgehead atoms. The first-order chi connectivity index (χ1) is 10.2. The highest BCUT2D eigenvalue weighted by molar-refractivity contribution is 7.16. The largest absolute Gasteiger partial charge is 0.424 e. The minimum absolute atomic E-state index is 0.300. The number of nitrogens with zero attached hydrogens (tertiary/aromatic N) is 1. The van der Waals surface area contributed by atoms with Gasteiger partial charge < -0.3 is 9.32 Å². The van der Waals surface area contributed by atoms with E-state index in [0.29, 0.717) is 12.3 Å². The van der Waals surface area contributed by atoms with Gasteiger partial charge in [0.1, 0.15) is 6.54 Å². The van der Waals surface area contributed by atoms with Crippen LogP contribution in [0.25, 0.3) is 11.1 Å². The van der Waals surface area contributed by atoms with Crippen molar-refractivity contribution >= 4 is 34.0 Å². The Morgan fingerprint density at radius 2 is 2.10 bits per heavy atom. The number of para-hydroxylation sites is 2. The molecule has 21 heavy (non-hydrogen) atoms. The topological polar surface area (TPSA) is 39.6 Å². The van der Waals surface area contributed by atoms with E-state index >= 15 is 0 Å². The minimum Gasteiger partial charge on any atom is -0.408 e. The van der Waals surface area contributed by atoms with E-state index in [1.807, 2.05) is 36.4 Å². The molecular formula is C15H16ClN2O2S+. The molecule has 110 valence electrons. The fourth-order valence-corrected chi connectivity index (χ4v) is 3.53. The van der Waals surface area contributed by atoms with Gasteiger partial charge >= 0.3 is 5.76 Å². The molecule has 1 unspecified atom stereocenters. The third-order valence-corrected chi connectivity index (χ3v) is 4.74. The monoisotopic (exact) mass is 323 g/mol. The highest BCUT2D eigenvalue weighted by atomic mass is 35.5. The molecule has 0 aliphatic rings. The fraction of sp³-hybridized carbons (Fsp3) is 0.267. The normalized spacial score (nSPS) is 12.9. The summed E-state index contributed by atoms with van der Waals surface area (Å²) in [7, 11) is 0. The SMILES string of the molecule is CC[NH+](Cc1ccc(Cl)s1)Cn1c(=O)oc2ccccc21. The number of hydrogen-bond donors (Lipinski definition) is 1. The Kier molecular flexibility index (Phi) is 4.14. The van der Waals surface area contributed by atoms with Gasteiger partial charge in [-0.2, -0.15) is 0 Å². The number of benzene rings is 1. The summed E-state index contributed by atoms with van der Waals surface area (Å²) in [5, 5.41) is 0. The molecule has 1 atom stereocenters. The van der Waals surface area contributed by atoms with E-state index in [1.165, 1.54) is 9.78 Å². The van der Waals surface area contributed by atoms with Crippen LogP contribution >= 0.6 is 22.9 Å². The van der Waals surface area contributed by atoms with Crippen LogP contribution in [0.1, 0.15) is 11.8 Å². The molecule has 0 saturated carbocycles. The van der Waals surface area contributed by atoms with Crippen molar-refractivity contribution in [2.75, 3.05) is 6.54 Å². The molecule has 0 amide bonds. The van der Waals surface area contributed by atoms with Crippen molar-refractivity contribution in [2.24, 2.45) is 0 Å². The third-order valence-electron chi connectivity index (χ3n) is 3.51. The number of hydrogen-bond acceptors (Lipinski definition) is 3. The van der Waals surface area contributed by atoms with Crippen molar-refractivity contribution in [1.82, 2.24) is 4.57 Å². The van der Waals surface area contributed by atoms with Crippen LogP contribution < -0.4 is 10.7 Å². The van der Waals surface area contributed by atoms with Gasteiger partial charge in [-0.05, 0) is 31.2 Å². The molecular weight excluding hydrogens is 308 g/mol. The third kappa shape index (κ3) is 3.05. The number of quaternary nitrogens is 1. The quantitative estimate of drug-likeness (QED) is 0.783. The number of thiophene rings is 1. The molecule has 6 heteroatoms. The lowest BCUT2D eigenvalue weighted by molar-refractivity contribution is -0.934. The molecule has 0 aliphatic carbocycles. The molecule has 0 aliphatic heterocycles. The van der Waals surface area contributed by atoms with Gasteiger partial charge in [0.15, 0.2) is 12.3 Å². The van der Waals surface area contributed by atoms with Crippen molar-refractivity contribution < 1.29 is 9.32 Å². The van der Waals surface area contributed by atoms with Gasteiger partial charge in [-0.15, -0.1) is 11.3 Å². The Morgan fingerprint density at radius 1 is 1.29 bits per heavy atom. The summed E-state index contributed by atoms with van der Waals surface area (Å²) in [5.74, 6) is -0.300. The average Bonchev–Trinajstić information content (AvgIpc) is 3.02. The second-order valence-electron chi connectivity index (χ2n) is 4.91. The second-order valence-corrected chi connectivity index (χ2v) is 6.71. The summed E-state index contributed by atoms with van der Waals surface area (Å²) in [6.07, 6.45) is 0. The fourth-order valence-electron chi connectivity index (χ4n) is 2.37. The van der Waals surface area contributed by atoms with E-state index in [2.05, 4.69) is 6.92 Å². The van der Waals surface area contributed by atoms with Crippen LogP contribution in [0.15, 0.2) is 45.6 Å². The van der Waals surface area contributed by atoms with Crippen molar-refractivity contribution in [1.29, 1.82) is 0 Å². The molecule has 2 heterocycles. The molecule has 0 saturated heterocycles. The van der Waals surface area contributed by atoms with Crippen LogP contribution in [0.4, 0.5) is 0 Å². The summed E-state index contributed by atoms with van der Waals surface area (Å²) in [5.41, 5.74) is 1.48. The molecule has 4 nitrogen and oxygen atoms in total. The standard InChI is InChI=1S/C15H15ClN2O2S/c1-2-17(9-11-7-8-14(16)21-11)10-18-12-5-3-4-6-13(12)20-15(18)19/h3-8H,2,9-10H2,1H3/p+1. The number of nitrogens with one attached hydrogen (secondary N) is 1. The average molecular weight is 324 g/mol. The number of aromatic nitrogens is 1. The summed E-state index contributed by atoms with van der Waals surface area (Å²) in [6.45, 7) is 4.46. The predicted molar refractivity (Wildman–Crippen MR) is 85.0 cm³/mol. The lowest BCUT2D eigenvalue weighted by Crippen LogP contribution is -3.09. The van der Waals surface area contributed by atoms with E-state index < -0.39 is 0 Å². The van der Waals surface area contributed by atoms with Gasteiger partial charge in [0.2, 0.25) is 0 Å². The van der Waals surface area contributed by atoms with Gasteiger partial charge in [-0.3, -0.25) is 0 Å². The van der Waals surface area contributed by atoms with Gasteiger partial charge in [0.05, 0.1) is 21.3 Å². The minimum atomic E-state index is -0.300. The van der Waals surface area contributed by atoms with Crippen LogP contribution in [-0.4, -0.2) is 11.1 Å². The van der Waals surface area contributed by atoms with E-state index in [4.69, 9.17) is 16.0 Å². The number of oxazole rings is 1. The Hall–Kier alpha value is -1.56.